The van der Waals surface area contributed by atoms with E-state index in [1.807, 2.05) is 24.3 Å². The van der Waals surface area contributed by atoms with Crippen LogP contribution in [0.15, 0.2) is 24.3 Å². The van der Waals surface area contributed by atoms with E-state index in [0.29, 0.717) is 5.75 Å². The van der Waals surface area contributed by atoms with Gasteiger partial charge in [-0.25, -0.2) is 4.79 Å². The predicted octanol–water partition coefficient (Wildman–Crippen LogP) is 0.814. The molecule has 0 radical (unpaired) electrons. The van der Waals surface area contributed by atoms with Crippen molar-refractivity contribution in [3.63, 3.8) is 0 Å². The molecule has 2 N–H and O–H groups in total. The van der Waals surface area contributed by atoms with E-state index in [-0.39, 0.29) is 0 Å². The quantitative estimate of drug-likeness (QED) is 0.796. The largest absolute Gasteiger partial charge is 0.412 e. The molecule has 5 heteroatoms. The second-order valence-electron chi connectivity index (χ2n) is 3.84. The number of nitrogens with zero attached hydrogens (tertiary/aromatic N) is 1. The molecule has 92 valence electrons. The molecule has 1 aliphatic heterocycles. The van der Waals surface area contributed by atoms with Crippen LogP contribution >= 0.6 is 0 Å². The van der Waals surface area contributed by atoms with E-state index < -0.39 is 6.09 Å². The Morgan fingerprint density at radius 1 is 1.35 bits per heavy atom. The summed E-state index contributed by atoms with van der Waals surface area (Å²) in [4.78, 5) is 13.5. The fourth-order valence-electron chi connectivity index (χ4n) is 1.86. The van der Waals surface area contributed by atoms with Gasteiger partial charge in [0.05, 0.1) is 5.69 Å². The fraction of sp³-hybridized carbons (Fsp3) is 0.417. The van der Waals surface area contributed by atoms with E-state index in [0.717, 1.165) is 31.9 Å². The van der Waals surface area contributed by atoms with Crippen molar-refractivity contribution >= 4 is 11.8 Å². The van der Waals surface area contributed by atoms with Crippen LogP contribution in [0.2, 0.25) is 0 Å². The van der Waals surface area contributed by atoms with Crippen molar-refractivity contribution in [3.8, 4) is 5.75 Å². The molecule has 17 heavy (non-hydrogen) atoms. The lowest BCUT2D eigenvalue weighted by atomic mass is 10.2. The van der Waals surface area contributed by atoms with E-state index in [9.17, 15) is 4.79 Å². The van der Waals surface area contributed by atoms with E-state index in [1.54, 1.807) is 7.05 Å². The van der Waals surface area contributed by atoms with Gasteiger partial charge in [0.15, 0.2) is 5.75 Å². The molecular weight excluding hydrogens is 218 g/mol. The van der Waals surface area contributed by atoms with E-state index in [2.05, 4.69) is 15.5 Å². The standard InChI is InChI=1S/C12H17N3O2/c1-13-12(16)17-11-5-3-2-4-10(11)15-8-6-14-7-9-15/h2-5,14H,6-9H2,1H3,(H,13,16). The fourth-order valence-corrected chi connectivity index (χ4v) is 1.86. The van der Waals surface area contributed by atoms with Crippen molar-refractivity contribution in [1.82, 2.24) is 10.6 Å². The molecular formula is C12H17N3O2. The second kappa shape index (κ2) is 5.54. The summed E-state index contributed by atoms with van der Waals surface area (Å²) in [6.07, 6.45) is -0.437. The van der Waals surface area contributed by atoms with Gasteiger partial charge >= 0.3 is 6.09 Å². The number of hydrogen-bond donors (Lipinski definition) is 2. The van der Waals surface area contributed by atoms with Crippen LogP contribution in [0.3, 0.4) is 0 Å². The van der Waals surface area contributed by atoms with Gasteiger partial charge in [0.1, 0.15) is 0 Å². The highest BCUT2D eigenvalue weighted by Gasteiger charge is 2.15. The Kier molecular flexibility index (Phi) is 3.82. The molecule has 1 aliphatic rings. The summed E-state index contributed by atoms with van der Waals surface area (Å²) >= 11 is 0. The van der Waals surface area contributed by atoms with E-state index >= 15 is 0 Å². The zero-order valence-corrected chi connectivity index (χ0v) is 9.90. The SMILES string of the molecule is CNC(=O)Oc1ccccc1N1CCNCC1. The lowest BCUT2D eigenvalue weighted by Gasteiger charge is -2.30. The number of rotatable bonds is 2. The summed E-state index contributed by atoms with van der Waals surface area (Å²) in [5, 5.41) is 5.75. The van der Waals surface area contributed by atoms with Gasteiger partial charge in [-0.1, -0.05) is 12.1 Å². The number of amides is 1. The zero-order valence-electron chi connectivity index (χ0n) is 9.90. The number of nitrogens with one attached hydrogen (secondary N) is 2. The van der Waals surface area contributed by atoms with Crippen molar-refractivity contribution in [2.45, 2.75) is 0 Å². The first-order chi connectivity index (χ1) is 8.31. The molecule has 0 saturated carbocycles. The number of para-hydroxylation sites is 2. The monoisotopic (exact) mass is 235 g/mol. The molecule has 0 unspecified atom stereocenters. The molecule has 0 aromatic heterocycles. The Morgan fingerprint density at radius 2 is 2.06 bits per heavy atom. The van der Waals surface area contributed by atoms with Crippen LogP contribution in [0, 0.1) is 0 Å². The topological polar surface area (TPSA) is 53.6 Å². The number of ether oxygens (including phenoxy) is 1. The van der Waals surface area contributed by atoms with Crippen LogP contribution < -0.4 is 20.3 Å². The maximum atomic E-state index is 11.3. The second-order valence-corrected chi connectivity index (χ2v) is 3.84. The summed E-state index contributed by atoms with van der Waals surface area (Å²) in [6.45, 7) is 3.75. The zero-order chi connectivity index (χ0) is 12.1. The highest BCUT2D eigenvalue weighted by Crippen LogP contribution is 2.28. The van der Waals surface area contributed by atoms with Crippen LogP contribution in [0.4, 0.5) is 10.5 Å². The molecule has 0 aliphatic carbocycles. The van der Waals surface area contributed by atoms with Crippen LogP contribution in [0.25, 0.3) is 0 Å². The van der Waals surface area contributed by atoms with E-state index in [4.69, 9.17) is 4.74 Å². The molecule has 1 amide bonds. The van der Waals surface area contributed by atoms with Crippen molar-refractivity contribution in [2.75, 3.05) is 38.1 Å². The first-order valence-electron chi connectivity index (χ1n) is 5.75. The molecule has 0 atom stereocenters. The molecule has 1 saturated heterocycles. The molecule has 1 fully saturated rings. The summed E-state index contributed by atoms with van der Waals surface area (Å²) in [6, 6.07) is 7.61. The first kappa shape index (κ1) is 11.7. The van der Waals surface area contributed by atoms with Gasteiger partial charge in [-0.15, -0.1) is 0 Å². The summed E-state index contributed by atoms with van der Waals surface area (Å²) in [7, 11) is 1.55. The molecule has 5 nitrogen and oxygen atoms in total. The van der Waals surface area contributed by atoms with Crippen LogP contribution in [0.5, 0.6) is 5.75 Å². The van der Waals surface area contributed by atoms with Crippen molar-refractivity contribution in [1.29, 1.82) is 0 Å². The van der Waals surface area contributed by atoms with Gasteiger partial charge < -0.3 is 20.3 Å². The van der Waals surface area contributed by atoms with Crippen molar-refractivity contribution in [2.24, 2.45) is 0 Å². The van der Waals surface area contributed by atoms with Crippen LogP contribution in [0.1, 0.15) is 0 Å². The maximum absolute atomic E-state index is 11.3. The number of hydrogen-bond acceptors (Lipinski definition) is 4. The third-order valence-electron chi connectivity index (χ3n) is 2.73. The molecule has 0 bridgehead atoms. The Hall–Kier alpha value is -1.75. The Labute approximate surface area is 101 Å². The first-order valence-corrected chi connectivity index (χ1v) is 5.75. The van der Waals surface area contributed by atoms with Gasteiger partial charge in [0.25, 0.3) is 0 Å². The Bertz CT molecular complexity index is 389. The Morgan fingerprint density at radius 3 is 2.76 bits per heavy atom. The normalized spacial score (nSPS) is 15.5. The minimum Gasteiger partial charge on any atom is -0.408 e. The lowest BCUT2D eigenvalue weighted by molar-refractivity contribution is 0.203. The van der Waals surface area contributed by atoms with Gasteiger partial charge in [0, 0.05) is 33.2 Å². The summed E-state index contributed by atoms with van der Waals surface area (Å²) < 4.78 is 5.24. The van der Waals surface area contributed by atoms with Gasteiger partial charge in [-0.3, -0.25) is 0 Å². The molecule has 1 aromatic rings. The average molecular weight is 235 g/mol. The number of benzene rings is 1. The summed E-state index contributed by atoms with van der Waals surface area (Å²) in [5.41, 5.74) is 0.970. The molecule has 1 aromatic carbocycles. The maximum Gasteiger partial charge on any atom is 0.412 e. The molecule has 2 rings (SSSR count). The van der Waals surface area contributed by atoms with Crippen molar-refractivity contribution in [3.05, 3.63) is 24.3 Å². The number of carbonyl (C=O) groups excluding carboxylic acids is 1. The average Bonchev–Trinajstić information content (AvgIpc) is 2.40. The van der Waals surface area contributed by atoms with Crippen molar-refractivity contribution < 1.29 is 9.53 Å². The highest BCUT2D eigenvalue weighted by atomic mass is 16.6. The van der Waals surface area contributed by atoms with Crippen LogP contribution in [-0.4, -0.2) is 39.3 Å². The minimum absolute atomic E-state index is 0.437. The lowest BCUT2D eigenvalue weighted by Crippen LogP contribution is -2.43. The third-order valence-corrected chi connectivity index (χ3v) is 2.73. The third kappa shape index (κ3) is 2.88. The Balaban J connectivity index is 2.17. The number of anilines is 1. The smallest absolute Gasteiger partial charge is 0.408 e. The summed E-state index contributed by atoms with van der Waals surface area (Å²) in [5.74, 6) is 0.605. The van der Waals surface area contributed by atoms with Gasteiger partial charge in [-0.05, 0) is 12.1 Å². The molecule has 0 spiro atoms. The van der Waals surface area contributed by atoms with Gasteiger partial charge in [0.2, 0.25) is 0 Å². The molecule has 1 heterocycles. The van der Waals surface area contributed by atoms with Gasteiger partial charge in [-0.2, -0.15) is 0 Å². The van der Waals surface area contributed by atoms with E-state index in [1.165, 1.54) is 0 Å². The number of piperazine rings is 1. The number of carbonyl (C=O) groups is 1. The minimum atomic E-state index is -0.437. The van der Waals surface area contributed by atoms with Crippen LogP contribution in [-0.2, 0) is 0 Å². The predicted molar refractivity (Wildman–Crippen MR) is 66.6 cm³/mol. The highest BCUT2D eigenvalue weighted by molar-refractivity contribution is 5.73.